The van der Waals surface area contributed by atoms with Crippen LogP contribution in [0.5, 0.6) is 0 Å². The number of nitrogens with one attached hydrogen (secondary N) is 1. The van der Waals surface area contributed by atoms with Gasteiger partial charge in [0.2, 0.25) is 0 Å². The largest absolute Gasteiger partial charge is 0.339 e. The number of anilines is 1. The molecule has 136 valence electrons. The predicted octanol–water partition coefficient (Wildman–Crippen LogP) is 5.12. The third-order valence-electron chi connectivity index (χ3n) is 4.64. The van der Waals surface area contributed by atoms with Gasteiger partial charge < -0.3 is 10.2 Å². The molecule has 0 aliphatic carbocycles. The lowest BCUT2D eigenvalue weighted by molar-refractivity contribution is 0.0697. The van der Waals surface area contributed by atoms with Gasteiger partial charge in [-0.1, -0.05) is 30.1 Å². The van der Waals surface area contributed by atoms with Crippen LogP contribution in [-0.4, -0.2) is 29.8 Å². The van der Waals surface area contributed by atoms with E-state index in [-0.39, 0.29) is 11.8 Å². The molecule has 4 nitrogen and oxygen atoms in total. The number of hydrogen-bond acceptors (Lipinski definition) is 2. The number of amides is 2. The summed E-state index contributed by atoms with van der Waals surface area (Å²) in [6.45, 7) is 3.79. The first-order chi connectivity index (χ1) is 12.4. The standard InChI is InChI=1S/C20H20Cl2N2O2/c1-13-8-10-24(11-9-13)20(26)15-4-2-14(3-5-15)19(25)23-18-7-6-16(21)12-17(18)22/h2-7,12-13H,8-11H2,1H3,(H,23,25). The number of halogens is 2. The Kier molecular flexibility index (Phi) is 5.84. The SMILES string of the molecule is CC1CCN(C(=O)c2ccc(C(=O)Nc3ccc(Cl)cc3Cl)cc2)CC1. The van der Waals surface area contributed by atoms with Gasteiger partial charge in [-0.3, -0.25) is 9.59 Å². The number of carbonyl (C=O) groups is 2. The third kappa shape index (κ3) is 4.37. The van der Waals surface area contributed by atoms with E-state index in [4.69, 9.17) is 23.2 Å². The quantitative estimate of drug-likeness (QED) is 0.790. The normalized spacial score (nSPS) is 15.0. The van der Waals surface area contributed by atoms with Crippen molar-refractivity contribution >= 4 is 40.7 Å². The van der Waals surface area contributed by atoms with Gasteiger partial charge in [0, 0.05) is 29.2 Å². The first-order valence-electron chi connectivity index (χ1n) is 8.60. The van der Waals surface area contributed by atoms with Gasteiger partial charge in [-0.15, -0.1) is 0 Å². The maximum Gasteiger partial charge on any atom is 0.255 e. The fourth-order valence-electron chi connectivity index (χ4n) is 2.94. The lowest BCUT2D eigenvalue weighted by Gasteiger charge is -2.30. The summed E-state index contributed by atoms with van der Waals surface area (Å²) in [4.78, 5) is 26.8. The summed E-state index contributed by atoms with van der Waals surface area (Å²) in [7, 11) is 0. The van der Waals surface area contributed by atoms with E-state index in [0.29, 0.717) is 32.8 Å². The molecule has 0 unspecified atom stereocenters. The molecule has 3 rings (SSSR count). The maximum absolute atomic E-state index is 12.6. The highest BCUT2D eigenvalue weighted by atomic mass is 35.5. The minimum Gasteiger partial charge on any atom is -0.339 e. The maximum atomic E-state index is 12.6. The van der Waals surface area contributed by atoms with Crippen LogP contribution in [0.15, 0.2) is 42.5 Å². The van der Waals surface area contributed by atoms with Crippen LogP contribution in [0.2, 0.25) is 10.0 Å². The topological polar surface area (TPSA) is 49.4 Å². The first kappa shape index (κ1) is 18.7. The molecule has 1 heterocycles. The van der Waals surface area contributed by atoms with Crippen LogP contribution in [0, 0.1) is 5.92 Å². The Labute approximate surface area is 163 Å². The van der Waals surface area contributed by atoms with Crippen molar-refractivity contribution in [3.8, 4) is 0 Å². The van der Waals surface area contributed by atoms with Gasteiger partial charge in [0.05, 0.1) is 10.7 Å². The van der Waals surface area contributed by atoms with Crippen LogP contribution in [0.4, 0.5) is 5.69 Å². The second-order valence-corrected chi connectivity index (χ2v) is 7.47. The highest BCUT2D eigenvalue weighted by Crippen LogP contribution is 2.26. The lowest BCUT2D eigenvalue weighted by Crippen LogP contribution is -2.37. The number of nitrogens with zero attached hydrogens (tertiary/aromatic N) is 1. The molecule has 0 bridgehead atoms. The second-order valence-electron chi connectivity index (χ2n) is 6.63. The minimum atomic E-state index is -0.292. The highest BCUT2D eigenvalue weighted by molar-refractivity contribution is 6.36. The molecule has 1 fully saturated rings. The van der Waals surface area contributed by atoms with E-state index < -0.39 is 0 Å². The Morgan fingerprint density at radius 1 is 1.00 bits per heavy atom. The number of hydrogen-bond donors (Lipinski definition) is 1. The van der Waals surface area contributed by atoms with E-state index in [9.17, 15) is 9.59 Å². The molecule has 2 aromatic rings. The number of piperidine rings is 1. The van der Waals surface area contributed by atoms with Crippen LogP contribution in [0.3, 0.4) is 0 Å². The highest BCUT2D eigenvalue weighted by Gasteiger charge is 2.21. The van der Waals surface area contributed by atoms with E-state index in [1.807, 2.05) is 4.90 Å². The van der Waals surface area contributed by atoms with Gasteiger partial charge in [0.25, 0.3) is 11.8 Å². The zero-order chi connectivity index (χ0) is 18.7. The van der Waals surface area contributed by atoms with Gasteiger partial charge in [0.15, 0.2) is 0 Å². The average Bonchev–Trinajstić information content (AvgIpc) is 2.64. The molecule has 1 aliphatic rings. The Bertz CT molecular complexity index is 813. The van der Waals surface area contributed by atoms with E-state index in [1.54, 1.807) is 42.5 Å². The van der Waals surface area contributed by atoms with E-state index in [0.717, 1.165) is 25.9 Å². The zero-order valence-corrected chi connectivity index (χ0v) is 16.0. The molecule has 26 heavy (non-hydrogen) atoms. The zero-order valence-electron chi connectivity index (χ0n) is 14.5. The number of likely N-dealkylation sites (tertiary alicyclic amines) is 1. The summed E-state index contributed by atoms with van der Waals surface area (Å²) in [5, 5.41) is 3.62. The average molecular weight is 391 g/mol. The summed E-state index contributed by atoms with van der Waals surface area (Å²) in [6, 6.07) is 11.6. The van der Waals surface area contributed by atoms with Crippen molar-refractivity contribution in [3.05, 3.63) is 63.6 Å². The summed E-state index contributed by atoms with van der Waals surface area (Å²) >= 11 is 11.9. The van der Waals surface area contributed by atoms with Gasteiger partial charge in [-0.2, -0.15) is 0 Å². The van der Waals surface area contributed by atoms with Gasteiger partial charge >= 0.3 is 0 Å². The molecule has 2 aromatic carbocycles. The molecule has 0 atom stereocenters. The van der Waals surface area contributed by atoms with Gasteiger partial charge in [-0.25, -0.2) is 0 Å². The van der Waals surface area contributed by atoms with Gasteiger partial charge in [0.1, 0.15) is 0 Å². The van der Waals surface area contributed by atoms with Crippen LogP contribution in [-0.2, 0) is 0 Å². The van der Waals surface area contributed by atoms with Crippen LogP contribution in [0.1, 0.15) is 40.5 Å². The molecule has 1 aliphatic heterocycles. The molecule has 6 heteroatoms. The minimum absolute atomic E-state index is 0.0182. The van der Waals surface area contributed by atoms with E-state index in [2.05, 4.69) is 12.2 Å². The van der Waals surface area contributed by atoms with Crippen molar-refractivity contribution in [3.63, 3.8) is 0 Å². The number of benzene rings is 2. The van der Waals surface area contributed by atoms with Crippen molar-refractivity contribution < 1.29 is 9.59 Å². The first-order valence-corrected chi connectivity index (χ1v) is 9.35. The lowest BCUT2D eigenvalue weighted by atomic mass is 9.98. The van der Waals surface area contributed by atoms with Gasteiger partial charge in [-0.05, 0) is 61.2 Å². The molecule has 0 aromatic heterocycles. The van der Waals surface area contributed by atoms with Crippen molar-refractivity contribution in [1.29, 1.82) is 0 Å². The Balaban J connectivity index is 1.67. The second kappa shape index (κ2) is 8.11. The summed E-state index contributed by atoms with van der Waals surface area (Å²) < 4.78 is 0. The fourth-order valence-corrected chi connectivity index (χ4v) is 3.40. The fraction of sp³-hybridized carbons (Fsp3) is 0.300. The van der Waals surface area contributed by atoms with Crippen LogP contribution < -0.4 is 5.32 Å². The predicted molar refractivity (Wildman–Crippen MR) is 105 cm³/mol. The molecule has 1 saturated heterocycles. The molecule has 2 amide bonds. The summed E-state index contributed by atoms with van der Waals surface area (Å²) in [5.41, 5.74) is 1.55. The number of carbonyl (C=O) groups excluding carboxylic acids is 2. The van der Waals surface area contributed by atoms with Crippen molar-refractivity contribution in [2.45, 2.75) is 19.8 Å². The molecule has 1 N–H and O–H groups in total. The molecular weight excluding hydrogens is 371 g/mol. The molecular formula is C20H20Cl2N2O2. The number of rotatable bonds is 3. The van der Waals surface area contributed by atoms with E-state index in [1.165, 1.54) is 0 Å². The molecule has 0 spiro atoms. The Morgan fingerprint density at radius 3 is 2.23 bits per heavy atom. The molecule has 0 saturated carbocycles. The Hall–Kier alpha value is -2.04. The smallest absolute Gasteiger partial charge is 0.255 e. The third-order valence-corrected chi connectivity index (χ3v) is 5.19. The monoisotopic (exact) mass is 390 g/mol. The summed E-state index contributed by atoms with van der Waals surface area (Å²) in [5.74, 6) is 0.398. The summed E-state index contributed by atoms with van der Waals surface area (Å²) in [6.07, 6.45) is 2.07. The van der Waals surface area contributed by atoms with Crippen LogP contribution in [0.25, 0.3) is 0 Å². The molecule has 0 radical (unpaired) electrons. The van der Waals surface area contributed by atoms with Crippen molar-refractivity contribution in [1.82, 2.24) is 4.90 Å². The Morgan fingerprint density at radius 2 is 1.62 bits per heavy atom. The van der Waals surface area contributed by atoms with Crippen molar-refractivity contribution in [2.75, 3.05) is 18.4 Å². The van der Waals surface area contributed by atoms with E-state index >= 15 is 0 Å². The van der Waals surface area contributed by atoms with Crippen LogP contribution >= 0.6 is 23.2 Å². The van der Waals surface area contributed by atoms with Crippen molar-refractivity contribution in [2.24, 2.45) is 5.92 Å².